The number of hydrogen-bond acceptors (Lipinski definition) is 5. The number of aromatic nitrogens is 2. The van der Waals surface area contributed by atoms with Gasteiger partial charge in [0.25, 0.3) is 0 Å². The molecule has 0 radical (unpaired) electrons. The van der Waals surface area contributed by atoms with Gasteiger partial charge in [-0.3, -0.25) is 0 Å². The molecule has 1 fully saturated rings. The second kappa shape index (κ2) is 4.07. The van der Waals surface area contributed by atoms with Crippen LogP contribution >= 0.6 is 11.8 Å². The van der Waals surface area contributed by atoms with E-state index in [1.165, 1.54) is 12.8 Å². The van der Waals surface area contributed by atoms with E-state index in [-0.39, 0.29) is 0 Å². The molecule has 1 heterocycles. The molecular weight excluding hydrogens is 208 g/mol. The number of thioether (sulfide) groups is 1. The molecule has 1 saturated carbocycles. The third-order valence-electron chi connectivity index (χ3n) is 2.61. The lowest BCUT2D eigenvalue weighted by Gasteiger charge is -2.12. The number of nitrogens with one attached hydrogen (secondary N) is 1. The van der Waals surface area contributed by atoms with Crippen molar-refractivity contribution in [1.82, 2.24) is 10.2 Å². The van der Waals surface area contributed by atoms with Crippen molar-refractivity contribution >= 4 is 17.6 Å². The van der Waals surface area contributed by atoms with E-state index >= 15 is 0 Å². The highest BCUT2D eigenvalue weighted by molar-refractivity contribution is 8.00. The maximum absolute atomic E-state index is 8.56. The van der Waals surface area contributed by atoms with Gasteiger partial charge in [-0.15, -0.1) is 10.2 Å². The summed E-state index contributed by atoms with van der Waals surface area (Å²) in [5.41, 5.74) is 0.353. The molecule has 1 aliphatic rings. The van der Waals surface area contributed by atoms with Gasteiger partial charge in [0, 0.05) is 11.3 Å². The molecule has 1 aromatic heterocycles. The molecule has 0 bridgehead atoms. The molecule has 1 aliphatic carbocycles. The highest BCUT2D eigenvalue weighted by Crippen LogP contribution is 2.46. The molecule has 0 aliphatic heterocycles. The van der Waals surface area contributed by atoms with Crippen molar-refractivity contribution in [3.8, 4) is 6.07 Å². The molecule has 0 aromatic carbocycles. The second-order valence-corrected chi connectivity index (χ2v) is 4.93. The highest BCUT2D eigenvalue weighted by atomic mass is 32.2. The Morgan fingerprint density at radius 1 is 1.53 bits per heavy atom. The Balaban J connectivity index is 1.91. The SMILES string of the molecule is CSC1(CNc2ccc(C#N)nn2)CC1. The highest BCUT2D eigenvalue weighted by Gasteiger charge is 2.41. The average Bonchev–Trinajstić information content (AvgIpc) is 3.08. The largest absolute Gasteiger partial charge is 0.367 e. The van der Waals surface area contributed by atoms with Crippen molar-refractivity contribution in [3.05, 3.63) is 17.8 Å². The molecule has 5 heteroatoms. The van der Waals surface area contributed by atoms with Gasteiger partial charge in [-0.05, 0) is 31.2 Å². The molecule has 0 amide bonds. The van der Waals surface area contributed by atoms with E-state index in [2.05, 4.69) is 21.8 Å². The van der Waals surface area contributed by atoms with Crippen LogP contribution in [0.3, 0.4) is 0 Å². The number of hydrogen-bond donors (Lipinski definition) is 1. The van der Waals surface area contributed by atoms with Crippen molar-refractivity contribution in [2.24, 2.45) is 0 Å². The predicted octanol–water partition coefficient (Wildman–Crippen LogP) is 1.66. The monoisotopic (exact) mass is 220 g/mol. The Kier molecular flexibility index (Phi) is 2.78. The van der Waals surface area contributed by atoms with Gasteiger partial charge in [0.15, 0.2) is 5.69 Å². The van der Waals surface area contributed by atoms with Crippen molar-refractivity contribution < 1.29 is 0 Å². The van der Waals surface area contributed by atoms with Crippen molar-refractivity contribution in [2.45, 2.75) is 17.6 Å². The van der Waals surface area contributed by atoms with Crippen LogP contribution in [0.1, 0.15) is 18.5 Å². The van der Waals surface area contributed by atoms with Crippen LogP contribution in [0.25, 0.3) is 0 Å². The molecule has 0 unspecified atom stereocenters. The Morgan fingerprint density at radius 2 is 2.33 bits per heavy atom. The van der Waals surface area contributed by atoms with Crippen LogP contribution < -0.4 is 5.32 Å². The summed E-state index contributed by atoms with van der Waals surface area (Å²) in [6, 6.07) is 5.41. The van der Waals surface area contributed by atoms with E-state index in [1.807, 2.05) is 17.8 Å². The van der Waals surface area contributed by atoms with Crippen molar-refractivity contribution in [2.75, 3.05) is 18.1 Å². The van der Waals surface area contributed by atoms with Crippen LogP contribution in [0.4, 0.5) is 5.82 Å². The van der Waals surface area contributed by atoms with Gasteiger partial charge in [0.2, 0.25) is 0 Å². The Morgan fingerprint density at radius 3 is 2.80 bits per heavy atom. The summed E-state index contributed by atoms with van der Waals surface area (Å²) in [5, 5.41) is 19.5. The minimum atomic E-state index is 0.353. The third-order valence-corrected chi connectivity index (χ3v) is 4.03. The Labute approximate surface area is 93.1 Å². The fourth-order valence-corrected chi connectivity index (χ4v) is 2.06. The minimum absolute atomic E-state index is 0.353. The molecule has 0 atom stereocenters. The molecule has 0 spiro atoms. The van der Waals surface area contributed by atoms with E-state index < -0.39 is 0 Å². The third kappa shape index (κ3) is 2.39. The first kappa shape index (κ1) is 10.2. The zero-order valence-electron chi connectivity index (χ0n) is 8.53. The van der Waals surface area contributed by atoms with Crippen LogP contribution in [0.2, 0.25) is 0 Å². The summed E-state index contributed by atoms with van der Waals surface area (Å²) in [6.45, 7) is 0.925. The van der Waals surface area contributed by atoms with E-state index in [0.717, 1.165) is 12.4 Å². The maximum Gasteiger partial charge on any atom is 0.163 e. The number of nitrogens with zero attached hydrogens (tertiary/aromatic N) is 3. The van der Waals surface area contributed by atoms with Gasteiger partial charge in [-0.1, -0.05) is 0 Å². The Hall–Kier alpha value is -1.28. The number of rotatable bonds is 4. The van der Waals surface area contributed by atoms with E-state index in [0.29, 0.717) is 10.4 Å². The van der Waals surface area contributed by atoms with Gasteiger partial charge < -0.3 is 5.32 Å². The minimum Gasteiger partial charge on any atom is -0.367 e. The zero-order valence-corrected chi connectivity index (χ0v) is 9.34. The van der Waals surface area contributed by atoms with Crippen molar-refractivity contribution in [3.63, 3.8) is 0 Å². The molecule has 78 valence electrons. The first-order chi connectivity index (χ1) is 7.28. The van der Waals surface area contributed by atoms with E-state index in [1.54, 1.807) is 12.1 Å². The van der Waals surface area contributed by atoms with Crippen LogP contribution in [0, 0.1) is 11.3 Å². The first-order valence-electron chi connectivity index (χ1n) is 4.81. The fourth-order valence-electron chi connectivity index (χ4n) is 1.33. The Bertz CT molecular complexity index is 377. The zero-order chi connectivity index (χ0) is 10.7. The van der Waals surface area contributed by atoms with E-state index in [4.69, 9.17) is 5.26 Å². The van der Waals surface area contributed by atoms with E-state index in [9.17, 15) is 0 Å². The molecule has 1 N–H and O–H groups in total. The number of anilines is 1. The van der Waals surface area contributed by atoms with Crippen LogP contribution in [0.5, 0.6) is 0 Å². The van der Waals surface area contributed by atoms with Crippen molar-refractivity contribution in [1.29, 1.82) is 5.26 Å². The molecule has 1 aromatic rings. The average molecular weight is 220 g/mol. The summed E-state index contributed by atoms with van der Waals surface area (Å²) in [5.74, 6) is 0.745. The van der Waals surface area contributed by atoms with Crippen LogP contribution in [-0.2, 0) is 0 Å². The molecule has 2 rings (SSSR count). The van der Waals surface area contributed by atoms with Crippen LogP contribution in [0.15, 0.2) is 12.1 Å². The first-order valence-corrected chi connectivity index (χ1v) is 6.03. The number of nitriles is 1. The standard InChI is InChI=1S/C10H12N4S/c1-15-10(4-5-10)7-12-9-3-2-8(6-11)13-14-9/h2-3H,4-5,7H2,1H3,(H,12,14). The topological polar surface area (TPSA) is 61.6 Å². The summed E-state index contributed by atoms with van der Waals surface area (Å²) in [7, 11) is 0. The molecule has 4 nitrogen and oxygen atoms in total. The maximum atomic E-state index is 8.56. The lowest BCUT2D eigenvalue weighted by atomic mass is 10.4. The quantitative estimate of drug-likeness (QED) is 0.836. The fraction of sp³-hybridized carbons (Fsp3) is 0.500. The smallest absolute Gasteiger partial charge is 0.163 e. The van der Waals surface area contributed by atoms with Gasteiger partial charge in [-0.2, -0.15) is 17.0 Å². The molecule has 0 saturated heterocycles. The summed E-state index contributed by atoms with van der Waals surface area (Å²) in [6.07, 6.45) is 4.68. The summed E-state index contributed by atoms with van der Waals surface area (Å²) in [4.78, 5) is 0. The van der Waals surface area contributed by atoms with Crippen LogP contribution in [-0.4, -0.2) is 27.7 Å². The molecule has 15 heavy (non-hydrogen) atoms. The predicted molar refractivity (Wildman–Crippen MR) is 60.7 cm³/mol. The normalized spacial score (nSPS) is 16.8. The lowest BCUT2D eigenvalue weighted by Crippen LogP contribution is -2.18. The lowest BCUT2D eigenvalue weighted by molar-refractivity contribution is 0.918. The van der Waals surface area contributed by atoms with Gasteiger partial charge >= 0.3 is 0 Å². The second-order valence-electron chi connectivity index (χ2n) is 3.66. The van der Waals surface area contributed by atoms with Gasteiger partial charge in [-0.25, -0.2) is 0 Å². The molecular formula is C10H12N4S. The van der Waals surface area contributed by atoms with Gasteiger partial charge in [0.1, 0.15) is 11.9 Å². The van der Waals surface area contributed by atoms with Gasteiger partial charge in [0.05, 0.1) is 0 Å². The summed E-state index contributed by atoms with van der Waals surface area (Å²) >= 11 is 1.90. The summed E-state index contributed by atoms with van der Waals surface area (Å²) < 4.78 is 0.412.